The Morgan fingerprint density at radius 2 is 1.80 bits per heavy atom. The monoisotopic (exact) mass is 469 g/mol. The minimum Gasteiger partial charge on any atom is -0.347 e. The van der Waals surface area contributed by atoms with Gasteiger partial charge in [-0.3, -0.25) is 0 Å². The quantitative estimate of drug-likeness (QED) is 0.448. The zero-order valence-electron chi connectivity index (χ0n) is 21.0. The highest BCUT2D eigenvalue weighted by Crippen LogP contribution is 2.36. The third kappa shape index (κ3) is 5.78. The molecule has 2 aliphatic heterocycles. The number of nitrogens with zero attached hydrogens (tertiary/aromatic N) is 2. The summed E-state index contributed by atoms with van der Waals surface area (Å²) >= 11 is 0. The van der Waals surface area contributed by atoms with Gasteiger partial charge in [-0.25, -0.2) is 0 Å². The third-order valence-electron chi connectivity index (χ3n) is 7.98. The molecule has 0 radical (unpaired) electrons. The summed E-state index contributed by atoms with van der Waals surface area (Å²) in [5.74, 6) is 1.00. The number of hydrogen-bond acceptors (Lipinski definition) is 4. The topological polar surface area (TPSA) is 64.8 Å². The first kappa shape index (κ1) is 24.1. The highest BCUT2D eigenvalue weighted by Gasteiger charge is 2.23. The van der Waals surface area contributed by atoms with E-state index in [1.54, 1.807) is 0 Å². The van der Waals surface area contributed by atoms with Crippen LogP contribution in [0.2, 0.25) is 0 Å². The second-order valence-corrected chi connectivity index (χ2v) is 10.5. The Kier molecular flexibility index (Phi) is 7.83. The molecule has 2 fully saturated rings. The molecule has 0 bridgehead atoms. The Morgan fingerprint density at radius 3 is 2.54 bits per heavy atom. The van der Waals surface area contributed by atoms with Gasteiger partial charge in [0.1, 0.15) is 0 Å². The summed E-state index contributed by atoms with van der Waals surface area (Å²) < 4.78 is 2.48. The summed E-state index contributed by atoms with van der Waals surface area (Å²) in [4.78, 5) is 0. The molecular weight excluding hydrogens is 430 g/mol. The third-order valence-corrected chi connectivity index (χ3v) is 7.98. The molecule has 5 rings (SSSR count). The number of piperidine rings is 2. The van der Waals surface area contributed by atoms with Gasteiger partial charge in [-0.1, -0.05) is 29.8 Å². The van der Waals surface area contributed by atoms with Crippen LogP contribution in [0, 0.1) is 24.2 Å². The number of fused-ring (bicyclic) bond motifs is 1. The molecule has 1 aromatic heterocycles. The van der Waals surface area contributed by atoms with E-state index in [2.05, 4.69) is 76.1 Å². The molecule has 1 unspecified atom stereocenters. The van der Waals surface area contributed by atoms with E-state index in [9.17, 15) is 5.26 Å². The Balaban J connectivity index is 1.49. The Labute approximate surface area is 209 Å². The van der Waals surface area contributed by atoms with E-state index in [4.69, 9.17) is 0 Å². The van der Waals surface area contributed by atoms with Crippen molar-refractivity contribution < 1.29 is 0 Å². The molecule has 0 amide bonds. The number of aryl methyl sites for hydroxylation is 1. The van der Waals surface area contributed by atoms with Crippen LogP contribution in [-0.2, 0) is 6.54 Å². The predicted molar refractivity (Wildman–Crippen MR) is 144 cm³/mol. The van der Waals surface area contributed by atoms with Crippen LogP contribution in [0.5, 0.6) is 0 Å². The molecular formula is C30H39N5. The maximum Gasteiger partial charge on any atom is 0.0991 e. The SMILES string of the molecule is Cc1cccc(C(CCNC2CCNCC2)c2cn(CC3CCNCC3)c3ccc(C#N)cc23)c1. The normalized spacial score (nSPS) is 18.5. The Hall–Kier alpha value is -2.65. The minimum atomic E-state index is 0.301. The summed E-state index contributed by atoms with van der Waals surface area (Å²) in [6, 6.07) is 18.2. The van der Waals surface area contributed by atoms with Gasteiger partial charge in [0.2, 0.25) is 0 Å². The van der Waals surface area contributed by atoms with Gasteiger partial charge in [-0.2, -0.15) is 5.26 Å². The molecule has 2 aromatic carbocycles. The lowest BCUT2D eigenvalue weighted by atomic mass is 9.87. The first-order valence-electron chi connectivity index (χ1n) is 13.5. The first-order valence-corrected chi connectivity index (χ1v) is 13.5. The standard InChI is InChI=1S/C30H39N5/c1-22-3-2-4-25(17-22)27(11-16-34-26-9-14-33-15-10-26)29-21-35(20-23-7-12-32-13-8-23)30-6-5-24(19-31)18-28(29)30/h2-6,17-18,21,23,26-27,32-34H,7-16,20H2,1H3. The molecule has 0 aliphatic carbocycles. The number of hydrogen-bond donors (Lipinski definition) is 3. The van der Waals surface area contributed by atoms with Crippen molar-refractivity contribution in [2.75, 3.05) is 32.7 Å². The Bertz CT molecular complexity index is 1160. The van der Waals surface area contributed by atoms with Crippen LogP contribution in [0.4, 0.5) is 0 Å². The maximum atomic E-state index is 9.65. The zero-order valence-corrected chi connectivity index (χ0v) is 21.0. The second kappa shape index (κ2) is 11.4. The number of nitrogens with one attached hydrogen (secondary N) is 3. The lowest BCUT2D eigenvalue weighted by Gasteiger charge is -2.25. The fourth-order valence-electron chi connectivity index (χ4n) is 6.01. The molecule has 3 heterocycles. The van der Waals surface area contributed by atoms with Crippen molar-refractivity contribution in [3.05, 3.63) is 70.9 Å². The van der Waals surface area contributed by atoms with Crippen LogP contribution in [0.15, 0.2) is 48.7 Å². The van der Waals surface area contributed by atoms with E-state index in [1.807, 2.05) is 6.07 Å². The van der Waals surface area contributed by atoms with Gasteiger partial charge in [0.05, 0.1) is 11.6 Å². The average Bonchev–Trinajstić information content (AvgIpc) is 3.24. The van der Waals surface area contributed by atoms with E-state index >= 15 is 0 Å². The van der Waals surface area contributed by atoms with Crippen LogP contribution < -0.4 is 16.0 Å². The molecule has 0 saturated carbocycles. The summed E-state index contributed by atoms with van der Waals surface area (Å²) in [5.41, 5.74) is 6.05. The highest BCUT2D eigenvalue weighted by molar-refractivity contribution is 5.86. The molecule has 184 valence electrons. The number of rotatable bonds is 8. The van der Waals surface area contributed by atoms with Crippen molar-refractivity contribution in [3.8, 4) is 6.07 Å². The van der Waals surface area contributed by atoms with Gasteiger partial charge in [-0.05, 0) is 107 Å². The Morgan fingerprint density at radius 1 is 1.03 bits per heavy atom. The van der Waals surface area contributed by atoms with E-state index in [0.717, 1.165) is 51.3 Å². The minimum absolute atomic E-state index is 0.301. The smallest absolute Gasteiger partial charge is 0.0991 e. The van der Waals surface area contributed by atoms with E-state index in [0.29, 0.717) is 17.9 Å². The highest BCUT2D eigenvalue weighted by atomic mass is 15.0. The van der Waals surface area contributed by atoms with Crippen molar-refractivity contribution in [3.63, 3.8) is 0 Å². The van der Waals surface area contributed by atoms with Crippen LogP contribution >= 0.6 is 0 Å². The predicted octanol–water partition coefficient (Wildman–Crippen LogP) is 4.68. The fraction of sp³-hybridized carbons (Fsp3) is 0.500. The summed E-state index contributed by atoms with van der Waals surface area (Å²) in [6.45, 7) is 8.69. The van der Waals surface area contributed by atoms with Crippen molar-refractivity contribution in [2.45, 2.75) is 57.5 Å². The van der Waals surface area contributed by atoms with E-state index in [-0.39, 0.29) is 0 Å². The van der Waals surface area contributed by atoms with E-state index in [1.165, 1.54) is 53.3 Å². The lowest BCUT2D eigenvalue weighted by Crippen LogP contribution is -2.40. The van der Waals surface area contributed by atoms with Gasteiger partial charge in [0.15, 0.2) is 0 Å². The van der Waals surface area contributed by atoms with Gasteiger partial charge >= 0.3 is 0 Å². The number of aromatic nitrogens is 1. The van der Waals surface area contributed by atoms with Crippen molar-refractivity contribution in [1.82, 2.24) is 20.5 Å². The van der Waals surface area contributed by atoms with Gasteiger partial charge < -0.3 is 20.5 Å². The lowest BCUT2D eigenvalue weighted by molar-refractivity contribution is 0.336. The molecule has 2 saturated heterocycles. The van der Waals surface area contributed by atoms with E-state index < -0.39 is 0 Å². The first-order chi connectivity index (χ1) is 17.2. The van der Waals surface area contributed by atoms with Crippen LogP contribution in [-0.4, -0.2) is 43.3 Å². The average molecular weight is 470 g/mol. The molecule has 5 heteroatoms. The molecule has 0 spiro atoms. The molecule has 35 heavy (non-hydrogen) atoms. The van der Waals surface area contributed by atoms with Gasteiger partial charge in [0.25, 0.3) is 0 Å². The summed E-state index contributed by atoms with van der Waals surface area (Å²) in [6.07, 6.45) is 8.33. The van der Waals surface area contributed by atoms with Crippen molar-refractivity contribution in [2.24, 2.45) is 5.92 Å². The molecule has 3 N–H and O–H groups in total. The van der Waals surface area contributed by atoms with Crippen molar-refractivity contribution in [1.29, 1.82) is 5.26 Å². The largest absolute Gasteiger partial charge is 0.347 e. The number of benzene rings is 2. The molecule has 3 aromatic rings. The van der Waals surface area contributed by atoms with Crippen LogP contribution in [0.1, 0.15) is 60.3 Å². The molecule has 2 aliphatic rings. The zero-order chi connectivity index (χ0) is 24.0. The van der Waals surface area contributed by atoms with Crippen LogP contribution in [0.3, 0.4) is 0 Å². The van der Waals surface area contributed by atoms with Gasteiger partial charge in [0, 0.05) is 35.6 Å². The summed E-state index contributed by atoms with van der Waals surface area (Å²) in [5, 5.41) is 21.7. The number of nitriles is 1. The fourth-order valence-corrected chi connectivity index (χ4v) is 6.01. The summed E-state index contributed by atoms with van der Waals surface area (Å²) in [7, 11) is 0. The van der Waals surface area contributed by atoms with Gasteiger partial charge in [-0.15, -0.1) is 0 Å². The van der Waals surface area contributed by atoms with Crippen molar-refractivity contribution >= 4 is 10.9 Å². The van der Waals surface area contributed by atoms with Crippen LogP contribution in [0.25, 0.3) is 10.9 Å². The molecule has 5 nitrogen and oxygen atoms in total. The second-order valence-electron chi connectivity index (χ2n) is 10.5. The molecule has 1 atom stereocenters. The maximum absolute atomic E-state index is 9.65.